The van der Waals surface area contributed by atoms with E-state index in [2.05, 4.69) is 13.2 Å². The maximum Gasteiger partial charge on any atom is 0.312 e. The molecule has 0 aromatic heterocycles. The van der Waals surface area contributed by atoms with Gasteiger partial charge in [-0.2, -0.15) is 0 Å². The molecule has 8 heteroatoms. The maximum absolute atomic E-state index is 14.2. The number of ether oxygens (including phenoxy) is 2. The van der Waals surface area contributed by atoms with E-state index < -0.39 is 35.6 Å². The van der Waals surface area contributed by atoms with Crippen molar-refractivity contribution in [1.82, 2.24) is 9.80 Å². The average molecular weight is 497 g/mol. The van der Waals surface area contributed by atoms with Crippen LogP contribution in [0.1, 0.15) is 37.7 Å². The number of benzene rings is 1. The Morgan fingerprint density at radius 1 is 1.22 bits per heavy atom. The van der Waals surface area contributed by atoms with Gasteiger partial charge in [-0.25, -0.2) is 0 Å². The highest BCUT2D eigenvalue weighted by Gasteiger charge is 2.75. The molecular formula is C28H36N2O6. The Morgan fingerprint density at radius 2 is 2.00 bits per heavy atom. The number of esters is 1. The Balaban J connectivity index is 1.65. The molecule has 2 bridgehead atoms. The number of fused-ring (bicyclic) bond motifs is 1. The van der Waals surface area contributed by atoms with E-state index in [0.29, 0.717) is 51.7 Å². The molecule has 2 amide bonds. The van der Waals surface area contributed by atoms with Crippen LogP contribution in [-0.2, 0) is 30.4 Å². The van der Waals surface area contributed by atoms with E-state index in [-0.39, 0.29) is 25.0 Å². The van der Waals surface area contributed by atoms with Crippen molar-refractivity contribution >= 4 is 17.8 Å². The third-order valence-electron chi connectivity index (χ3n) is 7.56. The maximum atomic E-state index is 14.2. The number of aliphatic hydroxyl groups is 1. The lowest BCUT2D eigenvalue weighted by atomic mass is 9.70. The van der Waals surface area contributed by atoms with Crippen LogP contribution in [0.5, 0.6) is 0 Å². The van der Waals surface area contributed by atoms with E-state index in [1.807, 2.05) is 30.3 Å². The van der Waals surface area contributed by atoms with E-state index >= 15 is 0 Å². The lowest BCUT2D eigenvalue weighted by Gasteiger charge is -2.36. The van der Waals surface area contributed by atoms with E-state index in [1.165, 1.54) is 0 Å². The Labute approximate surface area is 212 Å². The molecule has 36 heavy (non-hydrogen) atoms. The zero-order chi connectivity index (χ0) is 25.7. The second-order valence-corrected chi connectivity index (χ2v) is 9.76. The average Bonchev–Trinajstić information content (AvgIpc) is 3.52. The second-order valence-electron chi connectivity index (χ2n) is 9.76. The summed E-state index contributed by atoms with van der Waals surface area (Å²) >= 11 is 0. The molecule has 1 N–H and O–H groups in total. The molecule has 3 fully saturated rings. The van der Waals surface area contributed by atoms with Gasteiger partial charge in [-0.1, -0.05) is 42.5 Å². The SMILES string of the molecule is C=CCCOC(=O)[C@@H]1[C@@H]2CCC3(O2)C(C(=O)N(CC=C)Cc2ccccc2)N(CCCCO)C(=O)[C@H]13. The first-order valence-electron chi connectivity index (χ1n) is 12.8. The molecule has 3 heterocycles. The molecular weight excluding hydrogens is 460 g/mol. The fourth-order valence-corrected chi connectivity index (χ4v) is 6.04. The van der Waals surface area contributed by atoms with Gasteiger partial charge in [0.05, 0.1) is 24.5 Å². The van der Waals surface area contributed by atoms with Gasteiger partial charge in [0.25, 0.3) is 0 Å². The van der Waals surface area contributed by atoms with Gasteiger partial charge in [0.1, 0.15) is 11.6 Å². The van der Waals surface area contributed by atoms with Crippen molar-refractivity contribution in [2.75, 3.05) is 26.3 Å². The minimum Gasteiger partial charge on any atom is -0.465 e. The van der Waals surface area contributed by atoms with Crippen molar-refractivity contribution in [1.29, 1.82) is 0 Å². The van der Waals surface area contributed by atoms with Crippen LogP contribution in [0, 0.1) is 11.8 Å². The number of likely N-dealkylation sites (tertiary alicyclic amines) is 1. The number of hydrogen-bond donors (Lipinski definition) is 1. The van der Waals surface area contributed by atoms with Gasteiger partial charge < -0.3 is 24.4 Å². The molecule has 4 rings (SSSR count). The lowest BCUT2D eigenvalue weighted by molar-refractivity contribution is -0.155. The molecule has 3 aliphatic heterocycles. The summed E-state index contributed by atoms with van der Waals surface area (Å²) in [6.45, 7) is 8.69. The minimum atomic E-state index is -1.06. The van der Waals surface area contributed by atoms with Crippen molar-refractivity contribution in [3.63, 3.8) is 0 Å². The van der Waals surface area contributed by atoms with Crippen LogP contribution in [0.15, 0.2) is 55.6 Å². The van der Waals surface area contributed by atoms with E-state index in [9.17, 15) is 19.5 Å². The highest BCUT2D eigenvalue weighted by atomic mass is 16.6. The molecule has 3 saturated heterocycles. The molecule has 0 aliphatic carbocycles. The number of carbonyl (C=O) groups excluding carboxylic acids is 3. The van der Waals surface area contributed by atoms with Crippen molar-refractivity contribution in [3.05, 3.63) is 61.2 Å². The number of hydrogen-bond acceptors (Lipinski definition) is 6. The van der Waals surface area contributed by atoms with Gasteiger partial charge in [0, 0.05) is 26.2 Å². The zero-order valence-electron chi connectivity index (χ0n) is 20.7. The van der Waals surface area contributed by atoms with Crippen LogP contribution in [0.25, 0.3) is 0 Å². The van der Waals surface area contributed by atoms with Crippen molar-refractivity contribution in [3.8, 4) is 0 Å². The standard InChI is InChI=1S/C28H36N2O6/c1-3-5-18-35-27(34)22-21-13-14-28(36-21)23(22)25(32)30(16-9-10-17-31)24(28)26(33)29(15-4-2)19-20-11-7-6-8-12-20/h3-4,6-8,11-12,21-24,31H,1-2,5,9-10,13-19H2/t21-,22+,23-,24?,28?/m0/s1. The first-order valence-corrected chi connectivity index (χ1v) is 12.8. The highest BCUT2D eigenvalue weighted by Crippen LogP contribution is 2.58. The van der Waals surface area contributed by atoms with Gasteiger partial charge in [-0.05, 0) is 37.7 Å². The Morgan fingerprint density at radius 3 is 2.69 bits per heavy atom. The van der Waals surface area contributed by atoms with E-state index in [1.54, 1.807) is 22.0 Å². The van der Waals surface area contributed by atoms with Crippen LogP contribution in [0.3, 0.4) is 0 Å². The summed E-state index contributed by atoms with van der Waals surface area (Å²) in [6, 6.07) is 8.83. The van der Waals surface area contributed by atoms with Gasteiger partial charge in [0.2, 0.25) is 11.8 Å². The second kappa shape index (κ2) is 11.4. The number of carbonyl (C=O) groups is 3. The first-order chi connectivity index (χ1) is 17.5. The third-order valence-corrected chi connectivity index (χ3v) is 7.56. The number of rotatable bonds is 13. The summed E-state index contributed by atoms with van der Waals surface area (Å²) < 4.78 is 11.9. The van der Waals surface area contributed by atoms with Gasteiger partial charge in [0.15, 0.2) is 0 Å². The fourth-order valence-electron chi connectivity index (χ4n) is 6.04. The summed E-state index contributed by atoms with van der Waals surface area (Å²) in [7, 11) is 0. The summed E-state index contributed by atoms with van der Waals surface area (Å²) in [5.74, 6) is -2.37. The molecule has 1 spiro atoms. The van der Waals surface area contributed by atoms with Crippen LogP contribution in [0.2, 0.25) is 0 Å². The Kier molecular flexibility index (Phi) is 8.26. The molecule has 8 nitrogen and oxygen atoms in total. The quantitative estimate of drug-likeness (QED) is 0.256. The Hall–Kier alpha value is -2.97. The van der Waals surface area contributed by atoms with Crippen LogP contribution < -0.4 is 0 Å². The lowest BCUT2D eigenvalue weighted by Crippen LogP contribution is -2.56. The monoisotopic (exact) mass is 496 g/mol. The van der Waals surface area contributed by atoms with Crippen LogP contribution in [-0.4, -0.2) is 76.7 Å². The van der Waals surface area contributed by atoms with E-state index in [0.717, 1.165) is 5.56 Å². The van der Waals surface area contributed by atoms with Gasteiger partial charge in [-0.15, -0.1) is 13.2 Å². The molecule has 0 saturated carbocycles. The summed E-state index contributed by atoms with van der Waals surface area (Å²) in [6.07, 6.45) is 5.63. The molecule has 5 atom stereocenters. The summed E-state index contributed by atoms with van der Waals surface area (Å²) in [4.78, 5) is 44.4. The Bertz CT molecular complexity index is 982. The van der Waals surface area contributed by atoms with Crippen molar-refractivity contribution < 1.29 is 29.0 Å². The molecule has 2 unspecified atom stereocenters. The topological polar surface area (TPSA) is 96.4 Å². The predicted molar refractivity (Wildman–Crippen MR) is 133 cm³/mol. The predicted octanol–water partition coefficient (Wildman–Crippen LogP) is 2.47. The van der Waals surface area contributed by atoms with Gasteiger partial charge >= 0.3 is 5.97 Å². The number of nitrogens with zero attached hydrogens (tertiary/aromatic N) is 2. The summed E-state index contributed by atoms with van der Waals surface area (Å²) in [5, 5.41) is 9.30. The van der Waals surface area contributed by atoms with Crippen molar-refractivity contribution in [2.45, 2.75) is 56.4 Å². The van der Waals surface area contributed by atoms with Crippen LogP contribution in [0.4, 0.5) is 0 Å². The van der Waals surface area contributed by atoms with Gasteiger partial charge in [-0.3, -0.25) is 14.4 Å². The smallest absolute Gasteiger partial charge is 0.312 e. The zero-order valence-corrected chi connectivity index (χ0v) is 20.7. The number of amides is 2. The normalized spacial score (nSPS) is 28.1. The fraction of sp³-hybridized carbons (Fsp3) is 0.536. The third kappa shape index (κ3) is 4.72. The first kappa shape index (κ1) is 26.1. The summed E-state index contributed by atoms with van der Waals surface area (Å²) in [5.41, 5.74) is -0.0887. The molecule has 1 aromatic rings. The molecule has 3 aliphatic rings. The highest BCUT2D eigenvalue weighted by molar-refractivity contribution is 5.98. The largest absolute Gasteiger partial charge is 0.465 e. The number of unbranched alkanes of at least 4 members (excludes halogenated alkanes) is 1. The molecule has 0 radical (unpaired) electrons. The van der Waals surface area contributed by atoms with E-state index in [4.69, 9.17) is 9.47 Å². The van der Waals surface area contributed by atoms with Crippen LogP contribution >= 0.6 is 0 Å². The molecule has 1 aromatic carbocycles. The number of aliphatic hydroxyl groups excluding tert-OH is 1. The molecule has 194 valence electrons. The minimum absolute atomic E-state index is 0.00262. The van der Waals surface area contributed by atoms with Crippen molar-refractivity contribution in [2.24, 2.45) is 11.8 Å².